The molecule has 0 unspecified atom stereocenters. The zero-order valence-corrected chi connectivity index (χ0v) is 15.4. The van der Waals surface area contributed by atoms with Gasteiger partial charge in [-0.05, 0) is 19.1 Å². The standard InChI is InChI=1S/C19H25N3O2S/c1-16-7-9-18(10-8-16)25(23,24)21-15-19(17-5-3-2-4-6-17)22-13-11-20-12-14-22/h2-10,19-21H,11-15H2,1H3/p+2/t19-/m0/s1. The first kappa shape index (κ1) is 18.1. The summed E-state index contributed by atoms with van der Waals surface area (Å²) in [5.41, 5.74) is 2.24. The van der Waals surface area contributed by atoms with Crippen molar-refractivity contribution in [1.29, 1.82) is 0 Å². The predicted molar refractivity (Wildman–Crippen MR) is 97.9 cm³/mol. The summed E-state index contributed by atoms with van der Waals surface area (Å²) in [6, 6.07) is 17.3. The van der Waals surface area contributed by atoms with E-state index in [0.29, 0.717) is 11.4 Å². The van der Waals surface area contributed by atoms with Crippen LogP contribution in [0.3, 0.4) is 0 Å². The molecule has 1 fully saturated rings. The molecule has 6 heteroatoms. The second-order valence-electron chi connectivity index (χ2n) is 6.65. The zero-order valence-electron chi connectivity index (χ0n) is 14.6. The van der Waals surface area contributed by atoms with Gasteiger partial charge in [0.2, 0.25) is 10.0 Å². The predicted octanol–water partition coefficient (Wildman–Crippen LogP) is -0.523. The monoisotopic (exact) mass is 361 g/mol. The molecule has 134 valence electrons. The number of benzene rings is 2. The van der Waals surface area contributed by atoms with Crippen LogP contribution in [0.25, 0.3) is 0 Å². The van der Waals surface area contributed by atoms with Gasteiger partial charge in [-0.1, -0.05) is 48.0 Å². The molecular formula is C19H27N3O2S+2. The number of quaternary nitrogens is 2. The number of nitrogens with one attached hydrogen (secondary N) is 2. The van der Waals surface area contributed by atoms with Crippen LogP contribution < -0.4 is 14.9 Å². The molecule has 0 aliphatic carbocycles. The zero-order chi connectivity index (χ0) is 17.7. The van der Waals surface area contributed by atoms with E-state index < -0.39 is 10.0 Å². The highest BCUT2D eigenvalue weighted by Crippen LogP contribution is 2.13. The molecule has 25 heavy (non-hydrogen) atoms. The molecule has 0 aromatic heterocycles. The molecule has 0 saturated carbocycles. The van der Waals surface area contributed by atoms with E-state index in [9.17, 15) is 8.42 Å². The van der Waals surface area contributed by atoms with Crippen molar-refractivity contribution < 1.29 is 18.6 Å². The molecule has 0 amide bonds. The van der Waals surface area contributed by atoms with Crippen LogP contribution >= 0.6 is 0 Å². The molecular weight excluding hydrogens is 334 g/mol. The van der Waals surface area contributed by atoms with Crippen LogP contribution in [-0.4, -0.2) is 41.1 Å². The minimum absolute atomic E-state index is 0.134. The molecule has 1 heterocycles. The molecule has 0 spiro atoms. The lowest BCUT2D eigenvalue weighted by atomic mass is 10.0. The lowest BCUT2D eigenvalue weighted by molar-refractivity contribution is -0.971. The molecule has 0 bridgehead atoms. The van der Waals surface area contributed by atoms with Gasteiger partial charge in [0.1, 0.15) is 32.2 Å². The minimum atomic E-state index is -3.49. The number of hydrogen-bond donors (Lipinski definition) is 3. The summed E-state index contributed by atoms with van der Waals surface area (Å²) in [5.74, 6) is 0. The van der Waals surface area contributed by atoms with E-state index in [1.807, 2.05) is 37.3 Å². The maximum atomic E-state index is 12.6. The van der Waals surface area contributed by atoms with Gasteiger partial charge in [-0.15, -0.1) is 0 Å². The molecule has 1 aliphatic rings. The summed E-state index contributed by atoms with van der Waals surface area (Å²) in [6.45, 7) is 6.63. The van der Waals surface area contributed by atoms with Crippen molar-refractivity contribution in [3.63, 3.8) is 0 Å². The lowest BCUT2D eigenvalue weighted by Crippen LogP contribution is -3.21. The van der Waals surface area contributed by atoms with Crippen LogP contribution in [-0.2, 0) is 10.0 Å². The van der Waals surface area contributed by atoms with Crippen molar-refractivity contribution in [3.8, 4) is 0 Å². The average Bonchev–Trinajstić information content (AvgIpc) is 2.64. The maximum Gasteiger partial charge on any atom is 0.240 e. The fourth-order valence-electron chi connectivity index (χ4n) is 3.37. The summed E-state index contributed by atoms with van der Waals surface area (Å²) in [6.07, 6.45) is 0. The molecule has 3 rings (SSSR count). The van der Waals surface area contributed by atoms with Crippen molar-refractivity contribution >= 4 is 10.0 Å². The van der Waals surface area contributed by atoms with E-state index in [1.54, 1.807) is 12.1 Å². The highest BCUT2D eigenvalue weighted by Gasteiger charge is 2.28. The van der Waals surface area contributed by atoms with Crippen molar-refractivity contribution in [2.75, 3.05) is 32.7 Å². The number of rotatable bonds is 6. The number of sulfonamides is 1. The molecule has 4 N–H and O–H groups in total. The Balaban J connectivity index is 1.77. The first-order valence-corrected chi connectivity index (χ1v) is 10.3. The molecule has 0 radical (unpaired) electrons. The van der Waals surface area contributed by atoms with Gasteiger partial charge in [-0.25, -0.2) is 13.1 Å². The Morgan fingerprint density at radius 1 is 1.04 bits per heavy atom. The van der Waals surface area contributed by atoms with Crippen molar-refractivity contribution in [1.82, 2.24) is 4.72 Å². The third-order valence-electron chi connectivity index (χ3n) is 4.84. The lowest BCUT2D eigenvalue weighted by Gasteiger charge is -2.30. The Hall–Kier alpha value is -1.73. The van der Waals surface area contributed by atoms with Crippen LogP contribution in [0, 0.1) is 6.92 Å². The highest BCUT2D eigenvalue weighted by molar-refractivity contribution is 7.89. The van der Waals surface area contributed by atoms with Crippen molar-refractivity contribution in [3.05, 3.63) is 65.7 Å². The van der Waals surface area contributed by atoms with Crippen LogP contribution in [0.1, 0.15) is 17.2 Å². The van der Waals surface area contributed by atoms with Crippen LogP contribution in [0.5, 0.6) is 0 Å². The second-order valence-corrected chi connectivity index (χ2v) is 8.42. The first-order chi connectivity index (χ1) is 12.1. The summed E-state index contributed by atoms with van der Waals surface area (Å²) < 4.78 is 28.1. The molecule has 1 atom stereocenters. The van der Waals surface area contributed by atoms with Crippen molar-refractivity contribution in [2.45, 2.75) is 17.9 Å². The Kier molecular flexibility index (Phi) is 5.86. The molecule has 1 saturated heterocycles. The number of nitrogens with two attached hydrogens (primary N) is 1. The molecule has 5 nitrogen and oxygen atoms in total. The van der Waals surface area contributed by atoms with Crippen LogP contribution in [0.15, 0.2) is 59.5 Å². The number of hydrogen-bond acceptors (Lipinski definition) is 2. The van der Waals surface area contributed by atoms with Gasteiger partial charge >= 0.3 is 0 Å². The van der Waals surface area contributed by atoms with E-state index in [1.165, 1.54) is 10.5 Å². The van der Waals surface area contributed by atoms with Gasteiger partial charge in [0.25, 0.3) is 0 Å². The molecule has 2 aromatic carbocycles. The number of piperazine rings is 1. The van der Waals surface area contributed by atoms with E-state index in [0.717, 1.165) is 31.7 Å². The third kappa shape index (κ3) is 4.67. The maximum absolute atomic E-state index is 12.6. The van der Waals surface area contributed by atoms with E-state index in [-0.39, 0.29) is 6.04 Å². The normalized spacial score (nSPS) is 17.3. The summed E-state index contributed by atoms with van der Waals surface area (Å²) in [5, 5.41) is 2.32. The van der Waals surface area contributed by atoms with Crippen molar-refractivity contribution in [2.24, 2.45) is 0 Å². The van der Waals surface area contributed by atoms with Gasteiger partial charge in [0, 0.05) is 5.56 Å². The van der Waals surface area contributed by atoms with Gasteiger partial charge in [0.05, 0.1) is 11.4 Å². The fourth-order valence-corrected chi connectivity index (χ4v) is 4.42. The van der Waals surface area contributed by atoms with Gasteiger partial charge in [0.15, 0.2) is 0 Å². The average molecular weight is 362 g/mol. The topological polar surface area (TPSA) is 67.2 Å². The van der Waals surface area contributed by atoms with Gasteiger partial charge < -0.3 is 10.2 Å². The SMILES string of the molecule is Cc1ccc(S(=O)(=O)NC[C@@H](c2ccccc2)[NH+]2CC[NH2+]CC2)cc1. The second kappa shape index (κ2) is 8.10. The Labute approximate surface area is 150 Å². The summed E-state index contributed by atoms with van der Waals surface area (Å²) >= 11 is 0. The third-order valence-corrected chi connectivity index (χ3v) is 6.28. The Bertz CT molecular complexity index is 770. The summed E-state index contributed by atoms with van der Waals surface area (Å²) in [7, 11) is -3.49. The van der Waals surface area contributed by atoms with E-state index >= 15 is 0 Å². The molecule has 2 aromatic rings. The molecule has 1 aliphatic heterocycles. The van der Waals surface area contributed by atoms with Crippen LogP contribution in [0.2, 0.25) is 0 Å². The van der Waals surface area contributed by atoms with E-state index in [4.69, 9.17) is 0 Å². The number of aryl methyl sites for hydroxylation is 1. The minimum Gasteiger partial charge on any atom is -0.337 e. The smallest absolute Gasteiger partial charge is 0.240 e. The summed E-state index contributed by atoms with van der Waals surface area (Å²) in [4.78, 5) is 1.77. The largest absolute Gasteiger partial charge is 0.337 e. The van der Waals surface area contributed by atoms with Crippen LogP contribution in [0.4, 0.5) is 0 Å². The highest BCUT2D eigenvalue weighted by atomic mass is 32.2. The van der Waals surface area contributed by atoms with Gasteiger partial charge in [-0.2, -0.15) is 0 Å². The Morgan fingerprint density at radius 2 is 1.68 bits per heavy atom. The van der Waals surface area contributed by atoms with E-state index in [2.05, 4.69) is 22.2 Å². The quantitative estimate of drug-likeness (QED) is 0.648. The first-order valence-electron chi connectivity index (χ1n) is 8.84. The van der Waals surface area contributed by atoms with Gasteiger partial charge in [-0.3, -0.25) is 0 Å². The Morgan fingerprint density at radius 3 is 2.32 bits per heavy atom. The fraction of sp³-hybridized carbons (Fsp3) is 0.368.